The molecule has 0 saturated heterocycles. The molecule has 1 nitrogen and oxygen atoms in total. The molecule has 0 spiro atoms. The lowest BCUT2D eigenvalue weighted by molar-refractivity contribution is 0.376. The number of halogens is 1. The van der Waals surface area contributed by atoms with Crippen molar-refractivity contribution in [3.8, 4) is 0 Å². The van der Waals surface area contributed by atoms with Crippen LogP contribution in [0.15, 0.2) is 28.7 Å². The Morgan fingerprint density at radius 2 is 1.58 bits per heavy atom. The maximum Gasteiger partial charge on any atom is 0.0175 e. The molecule has 1 atom stereocenters. The zero-order valence-corrected chi connectivity index (χ0v) is 14.3. The van der Waals surface area contributed by atoms with Crippen LogP contribution in [0.4, 0.5) is 0 Å². The second-order valence-corrected chi connectivity index (χ2v) is 7.29. The van der Waals surface area contributed by atoms with Crippen molar-refractivity contribution in [2.24, 2.45) is 17.8 Å². The van der Waals surface area contributed by atoms with E-state index in [4.69, 9.17) is 0 Å². The first-order valence-electron chi connectivity index (χ1n) is 7.42. The van der Waals surface area contributed by atoms with E-state index in [0.717, 1.165) is 35.3 Å². The van der Waals surface area contributed by atoms with Gasteiger partial charge in [-0.1, -0.05) is 55.8 Å². The van der Waals surface area contributed by atoms with Gasteiger partial charge in [-0.25, -0.2) is 0 Å². The van der Waals surface area contributed by atoms with Crippen LogP contribution in [0.2, 0.25) is 0 Å². The molecule has 108 valence electrons. The minimum absolute atomic E-state index is 0.729. The fraction of sp³-hybridized carbons (Fsp3) is 0.647. The second kappa shape index (κ2) is 8.76. The van der Waals surface area contributed by atoms with Crippen molar-refractivity contribution in [2.75, 3.05) is 13.1 Å². The molecule has 0 heterocycles. The Hall–Kier alpha value is -0.340. The summed E-state index contributed by atoms with van der Waals surface area (Å²) < 4.78 is 1.16. The van der Waals surface area contributed by atoms with Crippen molar-refractivity contribution in [3.63, 3.8) is 0 Å². The minimum Gasteiger partial charge on any atom is -0.316 e. The average molecular weight is 326 g/mol. The van der Waals surface area contributed by atoms with Gasteiger partial charge in [0.2, 0.25) is 0 Å². The molecule has 1 aromatic carbocycles. The van der Waals surface area contributed by atoms with Gasteiger partial charge in [-0.15, -0.1) is 0 Å². The number of hydrogen-bond donors (Lipinski definition) is 1. The molecule has 0 bridgehead atoms. The molecule has 19 heavy (non-hydrogen) atoms. The number of rotatable bonds is 8. The van der Waals surface area contributed by atoms with E-state index in [-0.39, 0.29) is 0 Å². The Morgan fingerprint density at radius 3 is 2.11 bits per heavy atom. The minimum atomic E-state index is 0.729. The molecule has 1 rings (SSSR count). The Balaban J connectivity index is 2.50. The molecule has 0 amide bonds. The Kier molecular flexibility index (Phi) is 7.70. The smallest absolute Gasteiger partial charge is 0.0175 e. The van der Waals surface area contributed by atoms with Crippen molar-refractivity contribution < 1.29 is 0 Å². The van der Waals surface area contributed by atoms with Crippen LogP contribution in [-0.4, -0.2) is 13.1 Å². The molecule has 1 aromatic rings. The van der Waals surface area contributed by atoms with E-state index in [0.29, 0.717) is 0 Å². The molecule has 0 saturated carbocycles. The molecule has 1 N–H and O–H groups in total. The number of benzene rings is 1. The molecule has 0 aliphatic carbocycles. The van der Waals surface area contributed by atoms with E-state index < -0.39 is 0 Å². The summed E-state index contributed by atoms with van der Waals surface area (Å²) in [7, 11) is 0. The van der Waals surface area contributed by atoms with Crippen LogP contribution in [0.25, 0.3) is 0 Å². The maximum absolute atomic E-state index is 3.61. The van der Waals surface area contributed by atoms with E-state index in [9.17, 15) is 0 Å². The van der Waals surface area contributed by atoms with Gasteiger partial charge in [0, 0.05) is 4.47 Å². The van der Waals surface area contributed by atoms with E-state index in [2.05, 4.69) is 73.2 Å². The van der Waals surface area contributed by atoms with E-state index in [1.54, 1.807) is 0 Å². The third kappa shape index (κ3) is 7.74. The van der Waals surface area contributed by atoms with Crippen molar-refractivity contribution in [1.29, 1.82) is 0 Å². The third-order valence-electron chi connectivity index (χ3n) is 3.23. The lowest BCUT2D eigenvalue weighted by atomic mass is 9.91. The fourth-order valence-corrected chi connectivity index (χ4v) is 2.70. The number of hydrogen-bond acceptors (Lipinski definition) is 1. The standard InChI is InChI=1S/C17H28BrN/c1-13(2)9-16(12-19-11-14(3)4)10-15-5-7-17(18)8-6-15/h5-8,13-14,16,19H,9-12H2,1-4H3. The highest BCUT2D eigenvalue weighted by Gasteiger charge is 2.12. The summed E-state index contributed by atoms with van der Waals surface area (Å²) >= 11 is 3.50. The fourth-order valence-electron chi connectivity index (χ4n) is 2.44. The first-order valence-corrected chi connectivity index (χ1v) is 8.21. The van der Waals surface area contributed by atoms with E-state index in [1.165, 1.54) is 18.4 Å². The molecule has 2 heteroatoms. The summed E-state index contributed by atoms with van der Waals surface area (Å²) in [6.07, 6.45) is 2.47. The highest BCUT2D eigenvalue weighted by molar-refractivity contribution is 9.10. The van der Waals surface area contributed by atoms with Crippen LogP contribution in [0.1, 0.15) is 39.7 Å². The second-order valence-electron chi connectivity index (χ2n) is 6.38. The third-order valence-corrected chi connectivity index (χ3v) is 3.76. The predicted octanol–water partition coefficient (Wildman–Crippen LogP) is 4.90. The highest BCUT2D eigenvalue weighted by atomic mass is 79.9. The molecule has 0 aliphatic heterocycles. The van der Waals surface area contributed by atoms with Gasteiger partial charge in [0.1, 0.15) is 0 Å². The van der Waals surface area contributed by atoms with Crippen LogP contribution in [-0.2, 0) is 6.42 Å². The summed E-state index contributed by atoms with van der Waals surface area (Å²) in [5.74, 6) is 2.23. The van der Waals surface area contributed by atoms with Crippen LogP contribution in [0.5, 0.6) is 0 Å². The Bertz CT molecular complexity index is 343. The van der Waals surface area contributed by atoms with Gasteiger partial charge in [-0.2, -0.15) is 0 Å². The lowest BCUT2D eigenvalue weighted by Crippen LogP contribution is -2.28. The average Bonchev–Trinajstić information content (AvgIpc) is 2.30. The van der Waals surface area contributed by atoms with Gasteiger partial charge in [-0.3, -0.25) is 0 Å². The normalized spacial score (nSPS) is 13.2. The monoisotopic (exact) mass is 325 g/mol. The van der Waals surface area contributed by atoms with Crippen molar-refractivity contribution >= 4 is 15.9 Å². The largest absolute Gasteiger partial charge is 0.316 e. The van der Waals surface area contributed by atoms with Gasteiger partial charge >= 0.3 is 0 Å². The lowest BCUT2D eigenvalue weighted by Gasteiger charge is -2.20. The summed E-state index contributed by atoms with van der Waals surface area (Å²) in [4.78, 5) is 0. The van der Waals surface area contributed by atoms with Crippen LogP contribution in [0.3, 0.4) is 0 Å². The first-order chi connectivity index (χ1) is 8.97. The van der Waals surface area contributed by atoms with Gasteiger partial charge in [0.15, 0.2) is 0 Å². The van der Waals surface area contributed by atoms with Crippen LogP contribution in [0, 0.1) is 17.8 Å². The van der Waals surface area contributed by atoms with Gasteiger partial charge in [0.25, 0.3) is 0 Å². The first kappa shape index (κ1) is 16.7. The zero-order chi connectivity index (χ0) is 14.3. The molecule has 1 unspecified atom stereocenters. The Labute approximate surface area is 127 Å². The summed E-state index contributed by atoms with van der Waals surface area (Å²) in [6, 6.07) is 8.76. The maximum atomic E-state index is 3.61. The molecule has 0 fully saturated rings. The SMILES string of the molecule is CC(C)CNCC(Cc1ccc(Br)cc1)CC(C)C. The summed E-state index contributed by atoms with van der Waals surface area (Å²) in [5, 5.41) is 3.61. The molecule has 0 radical (unpaired) electrons. The summed E-state index contributed by atoms with van der Waals surface area (Å²) in [5.41, 5.74) is 1.44. The van der Waals surface area contributed by atoms with Gasteiger partial charge in [0.05, 0.1) is 0 Å². The van der Waals surface area contributed by atoms with Crippen LogP contribution >= 0.6 is 15.9 Å². The van der Waals surface area contributed by atoms with Gasteiger partial charge in [-0.05, 0) is 61.4 Å². The van der Waals surface area contributed by atoms with E-state index >= 15 is 0 Å². The molecule has 0 aliphatic rings. The summed E-state index contributed by atoms with van der Waals surface area (Å²) in [6.45, 7) is 11.4. The Morgan fingerprint density at radius 1 is 0.947 bits per heavy atom. The van der Waals surface area contributed by atoms with E-state index in [1.807, 2.05) is 0 Å². The quantitative estimate of drug-likeness (QED) is 0.716. The zero-order valence-electron chi connectivity index (χ0n) is 12.7. The number of nitrogens with one attached hydrogen (secondary N) is 1. The van der Waals surface area contributed by atoms with Gasteiger partial charge < -0.3 is 5.32 Å². The van der Waals surface area contributed by atoms with Crippen molar-refractivity contribution in [3.05, 3.63) is 34.3 Å². The molecule has 0 aromatic heterocycles. The molecular weight excluding hydrogens is 298 g/mol. The topological polar surface area (TPSA) is 12.0 Å². The predicted molar refractivity (Wildman–Crippen MR) is 88.5 cm³/mol. The van der Waals surface area contributed by atoms with Crippen LogP contribution < -0.4 is 5.32 Å². The molecular formula is C17H28BrN. The van der Waals surface area contributed by atoms with Crippen molar-refractivity contribution in [1.82, 2.24) is 5.32 Å². The highest BCUT2D eigenvalue weighted by Crippen LogP contribution is 2.18. The van der Waals surface area contributed by atoms with Crippen molar-refractivity contribution in [2.45, 2.75) is 40.5 Å².